The van der Waals surface area contributed by atoms with Crippen LogP contribution in [-0.2, 0) is 16.0 Å². The molecule has 5 nitrogen and oxygen atoms in total. The SMILES string of the molecule is CCOC(=O)c1c(NC(=O)C(C)CNC)sc(C)c1CC.Cl. The molecule has 0 aliphatic heterocycles. The summed E-state index contributed by atoms with van der Waals surface area (Å²) in [5.74, 6) is -0.633. The van der Waals surface area contributed by atoms with E-state index >= 15 is 0 Å². The Hall–Kier alpha value is -1.11. The third-order valence-electron chi connectivity index (χ3n) is 3.24. The minimum absolute atomic E-state index is 0. The summed E-state index contributed by atoms with van der Waals surface area (Å²) in [6.07, 6.45) is 0.735. The van der Waals surface area contributed by atoms with Crippen LogP contribution in [0.2, 0.25) is 0 Å². The molecule has 7 heteroatoms. The summed E-state index contributed by atoms with van der Waals surface area (Å²) in [7, 11) is 1.80. The number of hydrogen-bond donors (Lipinski definition) is 2. The number of esters is 1. The van der Waals surface area contributed by atoms with Crippen LogP contribution in [0.25, 0.3) is 0 Å². The summed E-state index contributed by atoms with van der Waals surface area (Å²) < 4.78 is 5.12. The van der Waals surface area contributed by atoms with Crippen molar-refractivity contribution in [3.8, 4) is 0 Å². The summed E-state index contributed by atoms with van der Waals surface area (Å²) in [5.41, 5.74) is 1.46. The van der Waals surface area contributed by atoms with Crippen LogP contribution in [0.3, 0.4) is 0 Å². The molecule has 0 fully saturated rings. The maximum absolute atomic E-state index is 12.2. The second kappa shape index (κ2) is 9.82. The number of anilines is 1. The van der Waals surface area contributed by atoms with Crippen molar-refractivity contribution in [1.29, 1.82) is 0 Å². The maximum atomic E-state index is 12.2. The lowest BCUT2D eigenvalue weighted by molar-refractivity contribution is -0.119. The van der Waals surface area contributed by atoms with Gasteiger partial charge in [-0.05, 0) is 32.9 Å². The maximum Gasteiger partial charge on any atom is 0.341 e. The van der Waals surface area contributed by atoms with Gasteiger partial charge in [-0.1, -0.05) is 13.8 Å². The topological polar surface area (TPSA) is 67.4 Å². The number of aryl methyl sites for hydroxylation is 1. The average molecular weight is 349 g/mol. The van der Waals surface area contributed by atoms with E-state index in [1.54, 1.807) is 14.0 Å². The lowest BCUT2D eigenvalue weighted by Gasteiger charge is -2.12. The highest BCUT2D eigenvalue weighted by Crippen LogP contribution is 2.34. The minimum Gasteiger partial charge on any atom is -0.462 e. The van der Waals surface area contributed by atoms with Crippen molar-refractivity contribution < 1.29 is 14.3 Å². The minimum atomic E-state index is -0.365. The van der Waals surface area contributed by atoms with E-state index < -0.39 is 0 Å². The van der Waals surface area contributed by atoms with Gasteiger partial charge in [-0.3, -0.25) is 4.79 Å². The number of rotatable bonds is 7. The smallest absolute Gasteiger partial charge is 0.341 e. The number of ether oxygens (including phenoxy) is 1. The molecule has 0 aliphatic carbocycles. The third-order valence-corrected chi connectivity index (χ3v) is 4.30. The van der Waals surface area contributed by atoms with E-state index in [1.807, 2.05) is 20.8 Å². The van der Waals surface area contributed by atoms with Crippen LogP contribution in [0.15, 0.2) is 0 Å². The first-order valence-electron chi connectivity index (χ1n) is 7.20. The van der Waals surface area contributed by atoms with Crippen molar-refractivity contribution in [2.45, 2.75) is 34.1 Å². The molecule has 0 saturated heterocycles. The van der Waals surface area contributed by atoms with E-state index in [-0.39, 0.29) is 30.2 Å². The predicted molar refractivity (Wildman–Crippen MR) is 93.4 cm³/mol. The monoisotopic (exact) mass is 348 g/mol. The van der Waals surface area contributed by atoms with Crippen LogP contribution in [0, 0.1) is 12.8 Å². The predicted octanol–water partition coefficient (Wildman–Crippen LogP) is 3.01. The van der Waals surface area contributed by atoms with Crippen molar-refractivity contribution in [2.75, 3.05) is 25.5 Å². The Bertz CT molecular complexity index is 517. The Kier molecular flexibility index (Phi) is 9.32. The number of carbonyl (C=O) groups excluding carboxylic acids is 2. The highest BCUT2D eigenvalue weighted by Gasteiger charge is 2.24. The van der Waals surface area contributed by atoms with E-state index in [2.05, 4.69) is 10.6 Å². The molecule has 1 rings (SSSR count). The lowest BCUT2D eigenvalue weighted by Crippen LogP contribution is -2.29. The van der Waals surface area contributed by atoms with E-state index in [1.165, 1.54) is 11.3 Å². The molecule has 1 aromatic rings. The number of amides is 1. The van der Waals surface area contributed by atoms with Crippen molar-refractivity contribution in [3.63, 3.8) is 0 Å². The fourth-order valence-corrected chi connectivity index (χ4v) is 3.28. The standard InChI is InChI=1S/C15H24N2O3S.ClH/c1-6-11-10(4)21-14(12(11)15(19)20-7-2)17-13(18)9(3)8-16-5;/h9,16H,6-8H2,1-5H3,(H,17,18);1H. The molecule has 1 heterocycles. The number of carbonyl (C=O) groups is 2. The molecule has 1 atom stereocenters. The number of nitrogens with one attached hydrogen (secondary N) is 2. The van der Waals surface area contributed by atoms with E-state index in [9.17, 15) is 9.59 Å². The Morgan fingerprint density at radius 2 is 1.95 bits per heavy atom. The average Bonchev–Trinajstić information content (AvgIpc) is 2.74. The molecule has 1 unspecified atom stereocenters. The second-order valence-electron chi connectivity index (χ2n) is 4.86. The van der Waals surface area contributed by atoms with Gasteiger partial charge in [-0.15, -0.1) is 23.7 Å². The van der Waals surface area contributed by atoms with Crippen LogP contribution < -0.4 is 10.6 Å². The Morgan fingerprint density at radius 1 is 1.32 bits per heavy atom. The molecule has 22 heavy (non-hydrogen) atoms. The second-order valence-corrected chi connectivity index (χ2v) is 6.09. The molecule has 1 amide bonds. The molecule has 1 aromatic heterocycles. The van der Waals surface area contributed by atoms with Gasteiger partial charge in [0, 0.05) is 17.3 Å². The lowest BCUT2D eigenvalue weighted by atomic mass is 10.1. The molecule has 0 bridgehead atoms. The summed E-state index contributed by atoms with van der Waals surface area (Å²) >= 11 is 1.43. The summed E-state index contributed by atoms with van der Waals surface area (Å²) in [6, 6.07) is 0. The Labute approximate surface area is 142 Å². The molecule has 0 spiro atoms. The van der Waals surface area contributed by atoms with Crippen LogP contribution in [0.1, 0.15) is 41.6 Å². The zero-order chi connectivity index (χ0) is 16.0. The number of hydrogen-bond acceptors (Lipinski definition) is 5. The van der Waals surface area contributed by atoms with E-state index in [4.69, 9.17) is 4.74 Å². The first kappa shape index (κ1) is 20.9. The quantitative estimate of drug-likeness (QED) is 0.743. The van der Waals surface area contributed by atoms with Crippen molar-refractivity contribution >= 4 is 40.6 Å². The van der Waals surface area contributed by atoms with Gasteiger partial charge in [-0.2, -0.15) is 0 Å². The molecule has 0 radical (unpaired) electrons. The van der Waals surface area contributed by atoms with Gasteiger partial charge in [0.05, 0.1) is 12.2 Å². The van der Waals surface area contributed by atoms with Crippen molar-refractivity contribution in [2.24, 2.45) is 5.92 Å². The Morgan fingerprint density at radius 3 is 2.45 bits per heavy atom. The third kappa shape index (κ3) is 4.97. The van der Waals surface area contributed by atoms with Gasteiger partial charge in [0.15, 0.2) is 0 Å². The molecule has 0 aliphatic rings. The van der Waals surface area contributed by atoms with Crippen LogP contribution >= 0.6 is 23.7 Å². The largest absolute Gasteiger partial charge is 0.462 e. The van der Waals surface area contributed by atoms with Crippen LogP contribution in [0.5, 0.6) is 0 Å². The van der Waals surface area contributed by atoms with Crippen LogP contribution in [0.4, 0.5) is 5.00 Å². The normalized spacial score (nSPS) is 11.5. The zero-order valence-electron chi connectivity index (χ0n) is 13.7. The van der Waals surface area contributed by atoms with E-state index in [0.717, 1.165) is 16.9 Å². The highest BCUT2D eigenvalue weighted by atomic mass is 35.5. The summed E-state index contributed by atoms with van der Waals surface area (Å²) in [6.45, 7) is 8.48. The zero-order valence-corrected chi connectivity index (χ0v) is 15.4. The Balaban J connectivity index is 0.00000441. The first-order chi connectivity index (χ1) is 9.96. The van der Waals surface area contributed by atoms with E-state index in [0.29, 0.717) is 23.7 Å². The molecular weight excluding hydrogens is 324 g/mol. The molecule has 0 aromatic carbocycles. The van der Waals surface area contributed by atoms with Gasteiger partial charge in [0.2, 0.25) is 5.91 Å². The molecule has 0 saturated carbocycles. The number of halogens is 1. The molecule has 2 N–H and O–H groups in total. The van der Waals surface area contributed by atoms with Gasteiger partial charge >= 0.3 is 5.97 Å². The van der Waals surface area contributed by atoms with Gasteiger partial charge in [0.25, 0.3) is 0 Å². The molecular formula is C15H25ClN2O3S. The number of thiophene rings is 1. The first-order valence-corrected chi connectivity index (χ1v) is 8.02. The summed E-state index contributed by atoms with van der Waals surface area (Å²) in [4.78, 5) is 25.3. The summed E-state index contributed by atoms with van der Waals surface area (Å²) in [5, 5.41) is 6.43. The molecule has 126 valence electrons. The van der Waals surface area contributed by atoms with Gasteiger partial charge < -0.3 is 15.4 Å². The van der Waals surface area contributed by atoms with Crippen molar-refractivity contribution in [1.82, 2.24) is 5.32 Å². The van der Waals surface area contributed by atoms with Gasteiger partial charge in [-0.25, -0.2) is 4.79 Å². The van der Waals surface area contributed by atoms with Crippen molar-refractivity contribution in [3.05, 3.63) is 16.0 Å². The fourth-order valence-electron chi connectivity index (χ4n) is 2.15. The van der Waals surface area contributed by atoms with Crippen LogP contribution in [-0.4, -0.2) is 32.1 Å². The van der Waals surface area contributed by atoms with Gasteiger partial charge in [0.1, 0.15) is 5.00 Å². The highest BCUT2D eigenvalue weighted by molar-refractivity contribution is 7.16. The fraction of sp³-hybridized carbons (Fsp3) is 0.600.